The number of aryl methyl sites for hydroxylation is 2. The van der Waals surface area contributed by atoms with Gasteiger partial charge in [0.1, 0.15) is 0 Å². The predicted octanol–water partition coefficient (Wildman–Crippen LogP) is 3.88. The fourth-order valence-corrected chi connectivity index (χ4v) is 1.87. The average molecular weight is 327 g/mol. The fourth-order valence-electron chi connectivity index (χ4n) is 1.87. The highest BCUT2D eigenvalue weighted by Crippen LogP contribution is 2.26. The van der Waals surface area contributed by atoms with Crippen molar-refractivity contribution >= 4 is 11.6 Å². The molecule has 0 saturated heterocycles. The van der Waals surface area contributed by atoms with Gasteiger partial charge in [-0.2, -0.15) is 8.78 Å². The molecular weight excluding hydrogens is 314 g/mol. The first-order valence-electron chi connectivity index (χ1n) is 6.62. The van der Waals surface area contributed by atoms with Crippen molar-refractivity contribution in [2.24, 2.45) is 0 Å². The number of nitrogens with one attached hydrogen (secondary N) is 1. The van der Waals surface area contributed by atoms with Gasteiger partial charge in [-0.05, 0) is 31.0 Å². The molecule has 0 atom stereocenters. The lowest BCUT2D eigenvalue weighted by Crippen LogP contribution is -2.21. The molecule has 0 fully saturated rings. The van der Waals surface area contributed by atoms with Crippen LogP contribution in [0.1, 0.15) is 11.1 Å². The largest absolute Gasteiger partial charge is 0.477 e. The molecule has 0 aliphatic rings. The van der Waals surface area contributed by atoms with E-state index in [4.69, 9.17) is 0 Å². The third-order valence-corrected chi connectivity index (χ3v) is 3.09. The van der Waals surface area contributed by atoms with E-state index in [1.165, 1.54) is 0 Å². The third kappa shape index (κ3) is 3.80. The number of hydrogen-bond donors (Lipinski definition) is 1. The predicted molar refractivity (Wildman–Crippen MR) is 76.3 cm³/mol. The van der Waals surface area contributed by atoms with E-state index in [-0.39, 0.29) is 6.07 Å². The Hall–Kier alpha value is -2.57. The Kier molecular flexibility index (Phi) is 4.88. The molecule has 2 rings (SSSR count). The maximum atomic E-state index is 13.4. The van der Waals surface area contributed by atoms with E-state index in [1.807, 2.05) is 13.0 Å². The Morgan fingerprint density at radius 3 is 2.26 bits per heavy atom. The van der Waals surface area contributed by atoms with E-state index in [0.29, 0.717) is 5.69 Å². The van der Waals surface area contributed by atoms with Crippen molar-refractivity contribution in [2.75, 3.05) is 11.9 Å². The lowest BCUT2D eigenvalue weighted by molar-refractivity contribution is -0.118. The van der Waals surface area contributed by atoms with Crippen molar-refractivity contribution in [2.45, 2.75) is 13.8 Å². The molecule has 0 aliphatic heterocycles. The summed E-state index contributed by atoms with van der Waals surface area (Å²) >= 11 is 0. The second kappa shape index (κ2) is 6.68. The second-order valence-corrected chi connectivity index (χ2v) is 4.95. The van der Waals surface area contributed by atoms with Crippen molar-refractivity contribution < 1.29 is 27.1 Å². The summed E-state index contributed by atoms with van der Waals surface area (Å²) < 4.78 is 57.4. The third-order valence-electron chi connectivity index (χ3n) is 3.09. The lowest BCUT2D eigenvalue weighted by atomic mass is 10.1. The summed E-state index contributed by atoms with van der Waals surface area (Å²) in [4.78, 5) is 11.8. The summed E-state index contributed by atoms with van der Waals surface area (Å²) in [6.07, 6.45) is 0. The Labute approximate surface area is 129 Å². The molecule has 3 nitrogen and oxygen atoms in total. The van der Waals surface area contributed by atoms with E-state index < -0.39 is 41.5 Å². The summed E-state index contributed by atoms with van der Waals surface area (Å²) in [5, 5.41) is 2.49. The van der Waals surface area contributed by atoms with Crippen LogP contribution < -0.4 is 10.1 Å². The molecule has 1 N–H and O–H groups in total. The number of hydrogen-bond acceptors (Lipinski definition) is 2. The summed E-state index contributed by atoms with van der Waals surface area (Å²) in [5.74, 6) is -8.57. The topological polar surface area (TPSA) is 38.3 Å². The minimum absolute atomic E-state index is 0.0632. The van der Waals surface area contributed by atoms with E-state index >= 15 is 0 Å². The van der Waals surface area contributed by atoms with Gasteiger partial charge in [-0.1, -0.05) is 12.1 Å². The normalized spacial score (nSPS) is 10.5. The van der Waals surface area contributed by atoms with Gasteiger partial charge in [0.05, 0.1) is 0 Å². The molecule has 0 aliphatic carbocycles. The zero-order valence-corrected chi connectivity index (χ0v) is 12.3. The number of carbonyl (C=O) groups excluding carboxylic acids is 1. The molecule has 2 aromatic carbocycles. The number of halogens is 4. The van der Waals surface area contributed by atoms with Gasteiger partial charge >= 0.3 is 0 Å². The van der Waals surface area contributed by atoms with Crippen LogP contribution in [0.5, 0.6) is 5.75 Å². The van der Waals surface area contributed by atoms with Gasteiger partial charge in [0.25, 0.3) is 5.91 Å². The minimum atomic E-state index is -1.69. The van der Waals surface area contributed by atoms with Crippen LogP contribution in [0.4, 0.5) is 23.2 Å². The van der Waals surface area contributed by atoms with Gasteiger partial charge in [0, 0.05) is 11.8 Å². The summed E-state index contributed by atoms with van der Waals surface area (Å²) in [6.45, 7) is 2.78. The van der Waals surface area contributed by atoms with Crippen molar-refractivity contribution in [1.29, 1.82) is 0 Å². The molecular formula is C16H13F4NO2. The number of rotatable bonds is 4. The lowest BCUT2D eigenvalue weighted by Gasteiger charge is -2.11. The zero-order chi connectivity index (χ0) is 17.1. The monoisotopic (exact) mass is 327 g/mol. The van der Waals surface area contributed by atoms with E-state index in [1.54, 1.807) is 19.1 Å². The number of ether oxygens (including phenoxy) is 1. The van der Waals surface area contributed by atoms with Crippen LogP contribution >= 0.6 is 0 Å². The molecule has 122 valence electrons. The zero-order valence-electron chi connectivity index (χ0n) is 12.3. The van der Waals surface area contributed by atoms with Gasteiger partial charge in [-0.15, -0.1) is 0 Å². The molecule has 0 saturated carbocycles. The Balaban J connectivity index is 2.10. The number of amides is 1. The highest BCUT2D eigenvalue weighted by Gasteiger charge is 2.21. The molecule has 0 radical (unpaired) electrons. The molecule has 0 bridgehead atoms. The average Bonchev–Trinajstić information content (AvgIpc) is 2.49. The molecule has 23 heavy (non-hydrogen) atoms. The molecule has 1 amide bonds. The molecule has 2 aromatic rings. The smallest absolute Gasteiger partial charge is 0.262 e. The van der Waals surface area contributed by atoms with Crippen molar-refractivity contribution in [3.8, 4) is 5.75 Å². The SMILES string of the molecule is Cc1ccc(C)c(NC(=O)COc2c(F)c(F)cc(F)c2F)c1. The summed E-state index contributed by atoms with van der Waals surface area (Å²) in [6, 6.07) is 5.40. The maximum Gasteiger partial charge on any atom is 0.262 e. The Morgan fingerprint density at radius 2 is 1.65 bits per heavy atom. The first-order valence-corrected chi connectivity index (χ1v) is 6.62. The van der Waals surface area contributed by atoms with Crippen molar-refractivity contribution in [3.05, 3.63) is 58.7 Å². The van der Waals surface area contributed by atoms with Gasteiger partial charge in [-0.25, -0.2) is 8.78 Å². The number of carbonyl (C=O) groups is 1. The van der Waals surface area contributed by atoms with Crippen molar-refractivity contribution in [1.82, 2.24) is 0 Å². The van der Waals surface area contributed by atoms with Crippen LogP contribution in [0.3, 0.4) is 0 Å². The maximum absolute atomic E-state index is 13.4. The van der Waals surface area contributed by atoms with Crippen LogP contribution in [-0.4, -0.2) is 12.5 Å². The first-order chi connectivity index (χ1) is 10.8. The Bertz CT molecular complexity index is 736. The van der Waals surface area contributed by atoms with Crippen molar-refractivity contribution in [3.63, 3.8) is 0 Å². The molecule has 0 unspecified atom stereocenters. The van der Waals surface area contributed by atoms with E-state index in [9.17, 15) is 22.4 Å². The highest BCUT2D eigenvalue weighted by atomic mass is 19.2. The molecule has 7 heteroatoms. The summed E-state index contributed by atoms with van der Waals surface area (Å²) in [5.41, 5.74) is 2.18. The van der Waals surface area contributed by atoms with Crippen LogP contribution in [0.15, 0.2) is 24.3 Å². The molecule has 0 spiro atoms. The van der Waals surface area contributed by atoms with Crippen LogP contribution in [0, 0.1) is 37.1 Å². The van der Waals surface area contributed by atoms with Gasteiger partial charge in [-0.3, -0.25) is 4.79 Å². The van der Waals surface area contributed by atoms with Crippen LogP contribution in [0.25, 0.3) is 0 Å². The molecule has 0 aromatic heterocycles. The number of benzene rings is 2. The fraction of sp³-hybridized carbons (Fsp3) is 0.188. The minimum Gasteiger partial charge on any atom is -0.477 e. The van der Waals surface area contributed by atoms with Gasteiger partial charge < -0.3 is 10.1 Å². The second-order valence-electron chi connectivity index (χ2n) is 4.95. The van der Waals surface area contributed by atoms with E-state index in [0.717, 1.165) is 11.1 Å². The van der Waals surface area contributed by atoms with Gasteiger partial charge in [0.2, 0.25) is 11.6 Å². The summed E-state index contributed by atoms with van der Waals surface area (Å²) in [7, 11) is 0. The number of anilines is 1. The Morgan fingerprint density at radius 1 is 1.04 bits per heavy atom. The molecule has 0 heterocycles. The van der Waals surface area contributed by atoms with Crippen LogP contribution in [-0.2, 0) is 4.79 Å². The quantitative estimate of drug-likeness (QED) is 0.684. The first kappa shape index (κ1) is 16.8. The van der Waals surface area contributed by atoms with Crippen LogP contribution in [0.2, 0.25) is 0 Å². The highest BCUT2D eigenvalue weighted by molar-refractivity contribution is 5.92. The van der Waals surface area contributed by atoms with E-state index in [2.05, 4.69) is 10.1 Å². The standard InChI is InChI=1S/C16H13F4NO2/c1-8-3-4-9(2)12(5-8)21-13(22)7-23-16-14(19)10(17)6-11(18)15(16)20/h3-6H,7H2,1-2H3,(H,21,22). The van der Waals surface area contributed by atoms with Gasteiger partial charge in [0.15, 0.2) is 24.0 Å².